The van der Waals surface area contributed by atoms with E-state index in [9.17, 15) is 23.3 Å². The maximum atomic E-state index is 13.0. The van der Waals surface area contributed by atoms with Crippen LogP contribution in [0, 0.1) is 10.1 Å². The first-order valence-corrected chi connectivity index (χ1v) is 11.8. The molecule has 0 saturated carbocycles. The fraction of sp³-hybridized carbons (Fsp3) is 0.350. The summed E-state index contributed by atoms with van der Waals surface area (Å²) in [4.78, 5) is 23.1. The number of ketones is 1. The molecule has 0 unspecified atom stereocenters. The molecule has 1 heterocycles. The van der Waals surface area contributed by atoms with Crippen molar-refractivity contribution in [1.29, 1.82) is 0 Å². The highest BCUT2D eigenvalue weighted by Crippen LogP contribution is 2.27. The summed E-state index contributed by atoms with van der Waals surface area (Å²) in [5, 5.41) is 13.7. The lowest BCUT2D eigenvalue weighted by molar-refractivity contribution is -0.384. The number of benzene rings is 2. The molecule has 0 bridgehead atoms. The fourth-order valence-corrected chi connectivity index (χ4v) is 5.37. The molecule has 8 nitrogen and oxygen atoms in total. The Kier molecular flexibility index (Phi) is 7.22. The second-order valence-corrected chi connectivity index (χ2v) is 9.84. The molecule has 1 fully saturated rings. The lowest BCUT2D eigenvalue weighted by atomic mass is 10.1. The van der Waals surface area contributed by atoms with Gasteiger partial charge in [0.25, 0.3) is 5.69 Å². The van der Waals surface area contributed by atoms with Crippen LogP contribution in [0.1, 0.15) is 36.0 Å². The Morgan fingerprint density at radius 3 is 2.43 bits per heavy atom. The number of non-ortho nitro benzene ring substituents is 1. The van der Waals surface area contributed by atoms with E-state index >= 15 is 0 Å². The van der Waals surface area contributed by atoms with Gasteiger partial charge >= 0.3 is 0 Å². The van der Waals surface area contributed by atoms with Gasteiger partial charge in [-0.2, -0.15) is 4.31 Å². The van der Waals surface area contributed by atoms with E-state index in [0.717, 1.165) is 25.7 Å². The van der Waals surface area contributed by atoms with E-state index in [1.165, 1.54) is 34.6 Å². The van der Waals surface area contributed by atoms with E-state index in [4.69, 9.17) is 0 Å². The number of Topliss-reactive ketones (excluding diaryl/α,β-unsaturated/α-hetero) is 1. The number of halogens is 1. The third-order valence-electron chi connectivity index (χ3n) is 4.96. The van der Waals surface area contributed by atoms with Crippen molar-refractivity contribution < 1.29 is 18.1 Å². The Morgan fingerprint density at radius 2 is 1.80 bits per heavy atom. The largest absolute Gasteiger partial charge is 0.377 e. The number of nitro groups is 1. The maximum Gasteiger partial charge on any atom is 0.270 e. The van der Waals surface area contributed by atoms with Crippen LogP contribution in [0.4, 0.5) is 11.4 Å². The molecule has 1 aliphatic rings. The Labute approximate surface area is 183 Å². The molecule has 0 atom stereocenters. The maximum absolute atomic E-state index is 13.0. The third-order valence-corrected chi connectivity index (χ3v) is 7.51. The van der Waals surface area contributed by atoms with Crippen molar-refractivity contribution in [3.63, 3.8) is 0 Å². The Bertz CT molecular complexity index is 1050. The van der Waals surface area contributed by atoms with E-state index in [1.807, 2.05) is 0 Å². The van der Waals surface area contributed by atoms with Crippen molar-refractivity contribution in [2.24, 2.45) is 0 Å². The van der Waals surface area contributed by atoms with Crippen LogP contribution in [-0.2, 0) is 10.0 Å². The van der Waals surface area contributed by atoms with Crippen LogP contribution in [0.3, 0.4) is 0 Å². The summed E-state index contributed by atoms with van der Waals surface area (Å²) in [6.45, 7) is 0.913. The van der Waals surface area contributed by atoms with Gasteiger partial charge in [0.1, 0.15) is 0 Å². The standard InChI is InChI=1S/C20H22BrN3O5S/c21-18-13-16(24(26)27)8-9-19(18)22-14-20(25)15-6-5-7-17(12-15)30(28,29)23-10-3-1-2-4-11-23/h5-9,12-13,22H,1-4,10-11,14H2. The molecule has 0 spiro atoms. The van der Waals surface area contributed by atoms with Gasteiger partial charge in [0.15, 0.2) is 5.78 Å². The zero-order chi connectivity index (χ0) is 21.7. The van der Waals surface area contributed by atoms with E-state index in [2.05, 4.69) is 21.2 Å². The van der Waals surface area contributed by atoms with Crippen LogP contribution in [0.25, 0.3) is 0 Å². The average molecular weight is 496 g/mol. The Morgan fingerprint density at radius 1 is 1.10 bits per heavy atom. The quantitative estimate of drug-likeness (QED) is 0.349. The van der Waals surface area contributed by atoms with Gasteiger partial charge in [-0.15, -0.1) is 0 Å². The van der Waals surface area contributed by atoms with Crippen molar-refractivity contribution in [2.45, 2.75) is 30.6 Å². The molecular weight excluding hydrogens is 474 g/mol. The van der Waals surface area contributed by atoms with Gasteiger partial charge in [0.2, 0.25) is 10.0 Å². The summed E-state index contributed by atoms with van der Waals surface area (Å²) >= 11 is 3.25. The van der Waals surface area contributed by atoms with Crippen LogP contribution < -0.4 is 5.32 Å². The number of nitro benzene ring substituents is 1. The first-order chi connectivity index (χ1) is 14.3. The number of hydrogen-bond acceptors (Lipinski definition) is 6. The smallest absolute Gasteiger partial charge is 0.270 e. The van der Waals surface area contributed by atoms with E-state index < -0.39 is 14.9 Å². The zero-order valence-corrected chi connectivity index (χ0v) is 18.6. The molecule has 30 heavy (non-hydrogen) atoms. The van der Waals surface area contributed by atoms with E-state index in [-0.39, 0.29) is 28.5 Å². The number of nitrogens with one attached hydrogen (secondary N) is 1. The zero-order valence-electron chi connectivity index (χ0n) is 16.2. The van der Waals surface area contributed by atoms with Crippen molar-refractivity contribution in [1.82, 2.24) is 4.31 Å². The molecule has 0 aromatic heterocycles. The highest BCUT2D eigenvalue weighted by atomic mass is 79.9. The molecular formula is C20H22BrN3O5S. The summed E-state index contributed by atoms with van der Waals surface area (Å²) < 4.78 is 27.9. The first-order valence-electron chi connectivity index (χ1n) is 9.60. The molecule has 1 N–H and O–H groups in total. The summed E-state index contributed by atoms with van der Waals surface area (Å²) in [5.74, 6) is -0.284. The van der Waals surface area contributed by atoms with Crippen molar-refractivity contribution >= 4 is 43.1 Å². The normalized spacial score (nSPS) is 15.4. The van der Waals surface area contributed by atoms with Gasteiger partial charge in [0.05, 0.1) is 16.4 Å². The predicted octanol–water partition coefficient (Wildman–Crippen LogP) is 4.22. The van der Waals surface area contributed by atoms with Crippen LogP contribution in [-0.4, -0.2) is 43.1 Å². The Hall–Kier alpha value is -2.30. The van der Waals surface area contributed by atoms with Gasteiger partial charge in [-0.1, -0.05) is 25.0 Å². The average Bonchev–Trinajstić information content (AvgIpc) is 3.03. The number of hydrogen-bond donors (Lipinski definition) is 1. The molecule has 0 aliphatic carbocycles. The van der Waals surface area contributed by atoms with Gasteiger partial charge in [-0.3, -0.25) is 14.9 Å². The first kappa shape index (κ1) is 22.4. The number of nitrogens with zero attached hydrogens (tertiary/aromatic N) is 2. The number of sulfonamides is 1. The number of anilines is 1. The SMILES string of the molecule is O=C(CNc1ccc([N+](=O)[O-])cc1Br)c1cccc(S(=O)(=O)N2CCCCCC2)c1. The van der Waals surface area contributed by atoms with Gasteiger partial charge in [0, 0.05) is 40.9 Å². The highest BCUT2D eigenvalue weighted by Gasteiger charge is 2.25. The minimum atomic E-state index is -3.64. The van der Waals surface area contributed by atoms with E-state index in [0.29, 0.717) is 23.2 Å². The molecule has 10 heteroatoms. The topological polar surface area (TPSA) is 110 Å². The summed E-state index contributed by atoms with van der Waals surface area (Å²) in [7, 11) is -3.64. The minimum absolute atomic E-state index is 0.0647. The molecule has 0 radical (unpaired) electrons. The van der Waals surface area contributed by atoms with Crippen LogP contribution in [0.2, 0.25) is 0 Å². The number of rotatable bonds is 7. The summed E-state index contributed by atoms with van der Waals surface area (Å²) in [6, 6.07) is 10.3. The van der Waals surface area contributed by atoms with Crippen LogP contribution >= 0.6 is 15.9 Å². The molecule has 2 aromatic rings. The van der Waals surface area contributed by atoms with Crippen LogP contribution in [0.15, 0.2) is 51.8 Å². The second kappa shape index (κ2) is 9.67. The molecule has 160 valence electrons. The molecule has 0 amide bonds. The molecule has 1 saturated heterocycles. The monoisotopic (exact) mass is 495 g/mol. The second-order valence-electron chi connectivity index (χ2n) is 7.04. The van der Waals surface area contributed by atoms with Gasteiger partial charge in [-0.25, -0.2) is 8.42 Å². The minimum Gasteiger partial charge on any atom is -0.377 e. The predicted molar refractivity (Wildman–Crippen MR) is 117 cm³/mol. The van der Waals surface area contributed by atoms with Gasteiger partial charge in [-0.05, 0) is 47.0 Å². The third kappa shape index (κ3) is 5.24. The lowest BCUT2D eigenvalue weighted by Crippen LogP contribution is -2.32. The summed E-state index contributed by atoms with van der Waals surface area (Å²) in [5.41, 5.74) is 0.754. The molecule has 1 aliphatic heterocycles. The van der Waals surface area contributed by atoms with Crippen molar-refractivity contribution in [3.8, 4) is 0 Å². The van der Waals surface area contributed by atoms with Crippen LogP contribution in [0.5, 0.6) is 0 Å². The fourth-order valence-electron chi connectivity index (χ4n) is 3.30. The van der Waals surface area contributed by atoms with Gasteiger partial charge < -0.3 is 5.32 Å². The Balaban J connectivity index is 1.72. The highest BCUT2D eigenvalue weighted by molar-refractivity contribution is 9.10. The number of carbonyl (C=O) groups excluding carboxylic acids is 1. The van der Waals surface area contributed by atoms with Crippen molar-refractivity contribution in [2.75, 3.05) is 25.0 Å². The van der Waals surface area contributed by atoms with Crippen molar-refractivity contribution in [3.05, 3.63) is 62.6 Å². The summed E-state index contributed by atoms with van der Waals surface area (Å²) in [6.07, 6.45) is 3.72. The number of carbonyl (C=O) groups is 1. The molecule has 3 rings (SSSR count). The lowest BCUT2D eigenvalue weighted by Gasteiger charge is -2.20. The molecule has 2 aromatic carbocycles. The van der Waals surface area contributed by atoms with E-state index in [1.54, 1.807) is 12.1 Å².